The number of piperazine rings is 1. The minimum Gasteiger partial charge on any atom is -0.351 e. The highest BCUT2D eigenvalue weighted by Crippen LogP contribution is 2.37. The Kier molecular flexibility index (Phi) is 7.33. The summed E-state index contributed by atoms with van der Waals surface area (Å²) in [6, 6.07) is 12.4. The van der Waals surface area contributed by atoms with Gasteiger partial charge in [-0.05, 0) is 17.7 Å². The van der Waals surface area contributed by atoms with Crippen LogP contribution in [-0.4, -0.2) is 64.8 Å². The molecule has 10 heteroatoms. The van der Waals surface area contributed by atoms with Crippen LogP contribution in [0.4, 0.5) is 13.2 Å². The van der Waals surface area contributed by atoms with Crippen LogP contribution in [0.5, 0.6) is 0 Å². The molecule has 2 amide bonds. The number of benzene rings is 1. The number of amides is 2. The van der Waals surface area contributed by atoms with Crippen molar-refractivity contribution in [2.75, 3.05) is 32.7 Å². The summed E-state index contributed by atoms with van der Waals surface area (Å²) in [5, 5.41) is 2.51. The molecule has 1 aromatic carbocycles. The van der Waals surface area contributed by atoms with E-state index in [2.05, 4.69) is 10.3 Å². The van der Waals surface area contributed by atoms with Crippen LogP contribution in [0.2, 0.25) is 0 Å². The second-order valence-corrected chi connectivity index (χ2v) is 7.79. The number of carbonyl (C=O) groups is 2. The van der Waals surface area contributed by atoms with E-state index < -0.39 is 11.4 Å². The van der Waals surface area contributed by atoms with E-state index in [1.165, 1.54) is 23.2 Å². The first kappa shape index (κ1) is 22.1. The summed E-state index contributed by atoms with van der Waals surface area (Å²) in [7, 11) is 0. The van der Waals surface area contributed by atoms with Gasteiger partial charge in [-0.15, -0.1) is 0 Å². The summed E-state index contributed by atoms with van der Waals surface area (Å²) >= 11 is -0.390. The molecule has 2 aromatic rings. The van der Waals surface area contributed by atoms with Gasteiger partial charge in [0.25, 0.3) is 5.91 Å². The zero-order chi connectivity index (χ0) is 21.6. The molecule has 1 N–H and O–H groups in total. The Morgan fingerprint density at radius 3 is 2.40 bits per heavy atom. The molecular weight excluding hydrogens is 417 g/mol. The average molecular weight is 438 g/mol. The lowest BCUT2D eigenvalue weighted by molar-refractivity contribution is -0.122. The summed E-state index contributed by atoms with van der Waals surface area (Å²) in [5.74, 6) is -0.599. The monoisotopic (exact) mass is 438 g/mol. The molecular formula is C20H21F3N4O2S. The van der Waals surface area contributed by atoms with Gasteiger partial charge in [0.05, 0.1) is 12.1 Å². The van der Waals surface area contributed by atoms with Crippen molar-refractivity contribution in [1.82, 2.24) is 20.1 Å². The number of alkyl halides is 3. The minimum atomic E-state index is -4.52. The third kappa shape index (κ3) is 6.46. The quantitative estimate of drug-likeness (QED) is 0.703. The Balaban J connectivity index is 1.49. The smallest absolute Gasteiger partial charge is 0.351 e. The van der Waals surface area contributed by atoms with Gasteiger partial charge in [0.1, 0.15) is 5.03 Å². The number of hydrogen-bond acceptors (Lipinski definition) is 5. The van der Waals surface area contributed by atoms with Gasteiger partial charge in [-0.2, -0.15) is 13.2 Å². The van der Waals surface area contributed by atoms with Gasteiger partial charge in [0.2, 0.25) is 5.91 Å². The highest BCUT2D eigenvalue weighted by molar-refractivity contribution is 8.00. The Morgan fingerprint density at radius 2 is 1.73 bits per heavy atom. The fourth-order valence-corrected chi connectivity index (χ4v) is 3.68. The van der Waals surface area contributed by atoms with Crippen LogP contribution in [0.25, 0.3) is 0 Å². The molecule has 0 unspecified atom stereocenters. The van der Waals surface area contributed by atoms with E-state index in [1.54, 1.807) is 0 Å². The molecule has 1 aromatic heterocycles. The first-order valence-electron chi connectivity index (χ1n) is 9.35. The maximum Gasteiger partial charge on any atom is 0.447 e. The predicted molar refractivity (Wildman–Crippen MR) is 107 cm³/mol. The number of thioether (sulfide) groups is 1. The highest BCUT2D eigenvalue weighted by atomic mass is 32.2. The molecule has 160 valence electrons. The van der Waals surface area contributed by atoms with Crippen molar-refractivity contribution >= 4 is 23.6 Å². The Labute approximate surface area is 176 Å². The number of hydrogen-bond donors (Lipinski definition) is 1. The predicted octanol–water partition coefficient (Wildman–Crippen LogP) is 2.77. The molecule has 6 nitrogen and oxygen atoms in total. The number of carbonyl (C=O) groups excluding carboxylic acids is 2. The lowest BCUT2D eigenvalue weighted by Crippen LogP contribution is -2.51. The maximum absolute atomic E-state index is 12.7. The van der Waals surface area contributed by atoms with Gasteiger partial charge in [0.15, 0.2) is 0 Å². The highest BCUT2D eigenvalue weighted by Gasteiger charge is 2.33. The number of nitrogens with zero attached hydrogens (tertiary/aromatic N) is 3. The molecule has 0 bridgehead atoms. The lowest BCUT2D eigenvalue weighted by Gasteiger charge is -2.34. The zero-order valence-electron chi connectivity index (χ0n) is 16.1. The molecule has 0 spiro atoms. The van der Waals surface area contributed by atoms with Crippen LogP contribution in [-0.2, 0) is 11.3 Å². The first-order chi connectivity index (χ1) is 14.3. The molecule has 0 atom stereocenters. The molecule has 0 aliphatic carbocycles. The second kappa shape index (κ2) is 9.94. The van der Waals surface area contributed by atoms with Gasteiger partial charge in [0, 0.05) is 50.7 Å². The van der Waals surface area contributed by atoms with E-state index >= 15 is 0 Å². The van der Waals surface area contributed by atoms with Crippen molar-refractivity contribution in [3.63, 3.8) is 0 Å². The fourth-order valence-electron chi connectivity index (χ4n) is 3.08. The van der Waals surface area contributed by atoms with E-state index in [4.69, 9.17) is 0 Å². The molecule has 0 radical (unpaired) electrons. The van der Waals surface area contributed by atoms with Crippen molar-refractivity contribution in [3.05, 3.63) is 59.8 Å². The SMILES string of the molecule is O=C(CN1CCN(C(=O)c2cccnc2SC(F)(F)F)CC1)NCc1ccccc1. The minimum absolute atomic E-state index is 0.0612. The molecule has 0 saturated carbocycles. The molecule has 1 aliphatic rings. The van der Waals surface area contributed by atoms with Crippen LogP contribution in [0.3, 0.4) is 0 Å². The number of halogens is 3. The summed E-state index contributed by atoms with van der Waals surface area (Å²) < 4.78 is 38.2. The van der Waals surface area contributed by atoms with Crippen LogP contribution < -0.4 is 5.32 Å². The number of rotatable bonds is 6. The number of aromatic nitrogens is 1. The van der Waals surface area contributed by atoms with Gasteiger partial charge in [-0.3, -0.25) is 14.5 Å². The summed E-state index contributed by atoms with van der Waals surface area (Å²) in [6.07, 6.45) is 1.23. The van der Waals surface area contributed by atoms with E-state index in [9.17, 15) is 22.8 Å². The van der Waals surface area contributed by atoms with Crippen molar-refractivity contribution < 1.29 is 22.8 Å². The molecule has 3 rings (SSSR count). The molecule has 1 fully saturated rings. The van der Waals surface area contributed by atoms with Gasteiger partial charge in [-0.25, -0.2) is 4.98 Å². The Bertz CT molecular complexity index is 872. The topological polar surface area (TPSA) is 65.5 Å². The van der Waals surface area contributed by atoms with Crippen molar-refractivity contribution in [3.8, 4) is 0 Å². The normalized spacial score (nSPS) is 15.1. The summed E-state index contributed by atoms with van der Waals surface area (Å²) in [6.45, 7) is 2.24. The van der Waals surface area contributed by atoms with Gasteiger partial charge >= 0.3 is 5.51 Å². The van der Waals surface area contributed by atoms with Gasteiger partial charge in [-0.1, -0.05) is 30.3 Å². The van der Waals surface area contributed by atoms with Crippen molar-refractivity contribution in [2.24, 2.45) is 0 Å². The molecule has 1 aliphatic heterocycles. The van der Waals surface area contributed by atoms with Crippen LogP contribution in [0, 0.1) is 0 Å². The standard InChI is InChI=1S/C20H21F3N4O2S/c21-20(22,23)30-18-16(7-4-8-24-18)19(29)27-11-9-26(10-12-27)14-17(28)25-13-15-5-2-1-3-6-15/h1-8H,9-14H2,(H,25,28). The summed E-state index contributed by atoms with van der Waals surface area (Å²) in [5.41, 5.74) is -3.58. The van der Waals surface area contributed by atoms with E-state index in [0.29, 0.717) is 32.7 Å². The molecule has 30 heavy (non-hydrogen) atoms. The fraction of sp³-hybridized carbons (Fsp3) is 0.350. The number of pyridine rings is 1. The molecule has 1 saturated heterocycles. The van der Waals surface area contributed by atoms with Crippen LogP contribution in [0.1, 0.15) is 15.9 Å². The van der Waals surface area contributed by atoms with Crippen LogP contribution in [0.15, 0.2) is 53.7 Å². The van der Waals surface area contributed by atoms with E-state index in [-0.39, 0.29) is 34.8 Å². The lowest BCUT2D eigenvalue weighted by atomic mass is 10.2. The van der Waals surface area contributed by atoms with Gasteiger partial charge < -0.3 is 10.2 Å². The van der Waals surface area contributed by atoms with Crippen molar-refractivity contribution in [1.29, 1.82) is 0 Å². The summed E-state index contributed by atoms with van der Waals surface area (Å²) in [4.78, 5) is 32.0. The largest absolute Gasteiger partial charge is 0.447 e. The van der Waals surface area contributed by atoms with Crippen LogP contribution >= 0.6 is 11.8 Å². The second-order valence-electron chi connectivity index (χ2n) is 6.73. The van der Waals surface area contributed by atoms with E-state index in [1.807, 2.05) is 35.2 Å². The molecule has 2 heterocycles. The average Bonchev–Trinajstić information content (AvgIpc) is 2.72. The van der Waals surface area contributed by atoms with Crippen molar-refractivity contribution in [2.45, 2.75) is 17.1 Å². The first-order valence-corrected chi connectivity index (χ1v) is 10.2. The third-order valence-corrected chi connectivity index (χ3v) is 5.32. The maximum atomic E-state index is 12.7. The number of nitrogens with one attached hydrogen (secondary N) is 1. The Hall–Kier alpha value is -2.59. The third-order valence-electron chi connectivity index (χ3n) is 4.57. The van der Waals surface area contributed by atoms with E-state index in [0.717, 1.165) is 5.56 Å². The Morgan fingerprint density at radius 1 is 1.03 bits per heavy atom. The zero-order valence-corrected chi connectivity index (χ0v) is 16.9.